The number of hydrogen-bond acceptors (Lipinski definition) is 4. The van der Waals surface area contributed by atoms with Crippen molar-refractivity contribution in [1.82, 2.24) is 4.31 Å². The second-order valence-corrected chi connectivity index (χ2v) is 6.22. The lowest BCUT2D eigenvalue weighted by Gasteiger charge is -2.15. The van der Waals surface area contributed by atoms with E-state index in [1.54, 1.807) is 24.3 Å². The molecule has 0 atom stereocenters. The highest BCUT2D eigenvalue weighted by atomic mass is 32.2. The van der Waals surface area contributed by atoms with Gasteiger partial charge in [0, 0.05) is 25.6 Å². The minimum atomic E-state index is -3.54. The molecular weight excluding hydrogens is 276 g/mol. The van der Waals surface area contributed by atoms with Crippen molar-refractivity contribution in [3.63, 3.8) is 0 Å². The Morgan fingerprint density at radius 1 is 1.40 bits per heavy atom. The summed E-state index contributed by atoms with van der Waals surface area (Å²) in [4.78, 5) is 0. The molecule has 1 rings (SSSR count). The molecule has 0 heterocycles. The molecule has 0 spiro atoms. The van der Waals surface area contributed by atoms with Crippen LogP contribution < -0.4 is 0 Å². The SMILES string of the molecule is CN(Cc1cccc(C#CCCO)c1)S(=O)(=O)CC#N. The van der Waals surface area contributed by atoms with Crippen molar-refractivity contribution < 1.29 is 13.5 Å². The van der Waals surface area contributed by atoms with Gasteiger partial charge in [0.25, 0.3) is 0 Å². The highest BCUT2D eigenvalue weighted by Crippen LogP contribution is 2.09. The quantitative estimate of drug-likeness (QED) is 0.810. The van der Waals surface area contributed by atoms with Gasteiger partial charge in [0.1, 0.15) is 0 Å². The topological polar surface area (TPSA) is 81.4 Å². The minimum Gasteiger partial charge on any atom is -0.395 e. The molecule has 5 nitrogen and oxygen atoms in total. The summed E-state index contributed by atoms with van der Waals surface area (Å²) in [5.74, 6) is 5.17. The van der Waals surface area contributed by atoms with E-state index in [2.05, 4.69) is 11.8 Å². The second-order valence-electron chi connectivity index (χ2n) is 4.15. The molecule has 0 aliphatic heterocycles. The Morgan fingerprint density at radius 3 is 2.80 bits per heavy atom. The van der Waals surface area contributed by atoms with Gasteiger partial charge in [0.05, 0.1) is 12.7 Å². The average molecular weight is 292 g/mol. The van der Waals surface area contributed by atoms with Gasteiger partial charge >= 0.3 is 0 Å². The largest absolute Gasteiger partial charge is 0.395 e. The maximum absolute atomic E-state index is 11.7. The second kappa shape index (κ2) is 7.66. The number of benzene rings is 1. The van der Waals surface area contributed by atoms with Crippen LogP contribution in [0, 0.1) is 23.2 Å². The van der Waals surface area contributed by atoms with Gasteiger partial charge in [0.15, 0.2) is 5.75 Å². The summed E-state index contributed by atoms with van der Waals surface area (Å²) in [6, 6.07) is 8.85. The first kappa shape index (κ1) is 16.2. The predicted molar refractivity (Wildman–Crippen MR) is 75.9 cm³/mol. The van der Waals surface area contributed by atoms with E-state index in [0.717, 1.165) is 15.4 Å². The molecule has 0 fully saturated rings. The average Bonchev–Trinajstić information content (AvgIpc) is 2.39. The number of sulfonamides is 1. The molecule has 1 aromatic carbocycles. The van der Waals surface area contributed by atoms with E-state index >= 15 is 0 Å². The highest BCUT2D eigenvalue weighted by Gasteiger charge is 2.17. The van der Waals surface area contributed by atoms with E-state index in [1.807, 2.05) is 6.07 Å². The summed E-state index contributed by atoms with van der Waals surface area (Å²) >= 11 is 0. The molecule has 0 saturated carbocycles. The molecule has 6 heteroatoms. The van der Waals surface area contributed by atoms with Gasteiger partial charge in [-0.3, -0.25) is 0 Å². The van der Waals surface area contributed by atoms with Gasteiger partial charge in [-0.2, -0.15) is 9.57 Å². The lowest BCUT2D eigenvalue weighted by Crippen LogP contribution is -2.28. The van der Waals surface area contributed by atoms with E-state index < -0.39 is 15.8 Å². The zero-order valence-corrected chi connectivity index (χ0v) is 12.0. The van der Waals surface area contributed by atoms with Crippen LogP contribution in [0.1, 0.15) is 17.5 Å². The molecule has 20 heavy (non-hydrogen) atoms. The van der Waals surface area contributed by atoms with Gasteiger partial charge < -0.3 is 5.11 Å². The van der Waals surface area contributed by atoms with E-state index in [1.165, 1.54) is 7.05 Å². The van der Waals surface area contributed by atoms with Crippen molar-refractivity contribution >= 4 is 10.0 Å². The fourth-order valence-electron chi connectivity index (χ4n) is 1.52. The first-order chi connectivity index (χ1) is 9.49. The van der Waals surface area contributed by atoms with Gasteiger partial charge in [-0.15, -0.1) is 0 Å². The van der Waals surface area contributed by atoms with Crippen LogP contribution in [-0.4, -0.2) is 37.2 Å². The zero-order chi connectivity index (χ0) is 15.0. The molecule has 106 valence electrons. The fourth-order valence-corrected chi connectivity index (χ4v) is 2.24. The molecule has 0 unspecified atom stereocenters. The lowest BCUT2D eigenvalue weighted by molar-refractivity contribution is 0.305. The van der Waals surface area contributed by atoms with Gasteiger partial charge in [-0.05, 0) is 17.7 Å². The number of nitrogens with zero attached hydrogens (tertiary/aromatic N) is 2. The summed E-state index contributed by atoms with van der Waals surface area (Å²) in [6.45, 7) is 0.210. The molecule has 0 bridgehead atoms. The van der Waals surface area contributed by atoms with E-state index in [9.17, 15) is 8.42 Å². The first-order valence-corrected chi connectivity index (χ1v) is 7.60. The first-order valence-electron chi connectivity index (χ1n) is 5.99. The Morgan fingerprint density at radius 2 is 2.15 bits per heavy atom. The van der Waals surface area contributed by atoms with Crippen LogP contribution in [0.2, 0.25) is 0 Å². The van der Waals surface area contributed by atoms with Gasteiger partial charge in [-0.25, -0.2) is 8.42 Å². The molecule has 0 aliphatic carbocycles. The monoisotopic (exact) mass is 292 g/mol. The molecular formula is C14H16N2O3S. The number of aliphatic hydroxyl groups is 1. The smallest absolute Gasteiger partial charge is 0.227 e. The van der Waals surface area contributed by atoms with Crippen LogP contribution in [0.15, 0.2) is 24.3 Å². The Bertz CT molecular complexity index is 651. The van der Waals surface area contributed by atoms with E-state index in [0.29, 0.717) is 6.42 Å². The standard InChI is InChI=1S/C14H16N2O3S/c1-16(20(18,19)10-8-15)12-14-7-4-6-13(11-14)5-2-3-9-17/h4,6-7,11,17H,3,9-10,12H2,1H3. The fraction of sp³-hybridized carbons (Fsp3) is 0.357. The van der Waals surface area contributed by atoms with Crippen molar-refractivity contribution in [3.05, 3.63) is 35.4 Å². The zero-order valence-electron chi connectivity index (χ0n) is 11.2. The van der Waals surface area contributed by atoms with Crippen molar-refractivity contribution in [1.29, 1.82) is 5.26 Å². The lowest BCUT2D eigenvalue weighted by atomic mass is 10.1. The van der Waals surface area contributed by atoms with Crippen LogP contribution in [0.4, 0.5) is 0 Å². The molecule has 0 aliphatic rings. The Labute approximate surface area is 119 Å². The van der Waals surface area contributed by atoms with Crippen LogP contribution in [0.25, 0.3) is 0 Å². The van der Waals surface area contributed by atoms with Gasteiger partial charge in [0.2, 0.25) is 10.0 Å². The Kier molecular flexibility index (Phi) is 6.20. The van der Waals surface area contributed by atoms with Crippen LogP contribution in [0.5, 0.6) is 0 Å². The number of aliphatic hydroxyl groups excluding tert-OH is 1. The molecule has 0 amide bonds. The van der Waals surface area contributed by atoms with Crippen LogP contribution in [0.3, 0.4) is 0 Å². The normalized spacial score (nSPS) is 10.7. The molecule has 0 aromatic heterocycles. The summed E-state index contributed by atoms with van der Waals surface area (Å²) in [6.07, 6.45) is 0.403. The van der Waals surface area contributed by atoms with E-state index in [4.69, 9.17) is 10.4 Å². The predicted octanol–water partition coefficient (Wildman–Crippen LogP) is 0.706. The Balaban J connectivity index is 2.82. The summed E-state index contributed by atoms with van der Waals surface area (Å²) in [5.41, 5.74) is 1.56. The summed E-state index contributed by atoms with van der Waals surface area (Å²) in [7, 11) is -2.10. The van der Waals surface area contributed by atoms with Crippen molar-refractivity contribution in [2.24, 2.45) is 0 Å². The third kappa shape index (κ3) is 5.02. The maximum atomic E-state index is 11.7. The van der Waals surface area contributed by atoms with Gasteiger partial charge in [-0.1, -0.05) is 24.0 Å². The van der Waals surface area contributed by atoms with Crippen LogP contribution in [-0.2, 0) is 16.6 Å². The van der Waals surface area contributed by atoms with E-state index in [-0.39, 0.29) is 13.2 Å². The molecule has 1 N–H and O–H groups in total. The number of rotatable bonds is 5. The summed E-state index contributed by atoms with van der Waals surface area (Å²) < 4.78 is 24.5. The number of nitriles is 1. The minimum absolute atomic E-state index is 0.0157. The molecule has 1 aromatic rings. The summed E-state index contributed by atoms with van der Waals surface area (Å²) in [5, 5.41) is 17.1. The maximum Gasteiger partial charge on any atom is 0.227 e. The van der Waals surface area contributed by atoms with Crippen molar-refractivity contribution in [2.75, 3.05) is 19.4 Å². The molecule has 0 radical (unpaired) electrons. The highest BCUT2D eigenvalue weighted by molar-refractivity contribution is 7.89. The van der Waals surface area contributed by atoms with Crippen molar-refractivity contribution in [3.8, 4) is 17.9 Å². The number of hydrogen-bond donors (Lipinski definition) is 1. The Hall–Kier alpha value is -1.86. The van der Waals surface area contributed by atoms with Crippen LogP contribution >= 0.6 is 0 Å². The molecule has 0 saturated heterocycles. The third-order valence-electron chi connectivity index (χ3n) is 2.52. The van der Waals surface area contributed by atoms with Crippen molar-refractivity contribution in [2.45, 2.75) is 13.0 Å². The third-order valence-corrected chi connectivity index (χ3v) is 4.10.